The second-order valence-electron chi connectivity index (χ2n) is 3.89. The fourth-order valence-electron chi connectivity index (χ4n) is 1.21. The van der Waals surface area contributed by atoms with Gasteiger partial charge in [0.25, 0.3) is 5.91 Å². The minimum Gasteiger partial charge on any atom is -0.340 e. The number of amides is 1. The summed E-state index contributed by atoms with van der Waals surface area (Å²) in [5.74, 6) is -0.0748. The minimum absolute atomic E-state index is 0.0748. The van der Waals surface area contributed by atoms with Gasteiger partial charge in [-0.2, -0.15) is 0 Å². The second kappa shape index (κ2) is 5.82. The van der Waals surface area contributed by atoms with E-state index in [4.69, 9.17) is 11.6 Å². The van der Waals surface area contributed by atoms with Crippen molar-refractivity contribution < 1.29 is 4.79 Å². The van der Waals surface area contributed by atoms with Gasteiger partial charge in [0.15, 0.2) is 0 Å². The van der Waals surface area contributed by atoms with E-state index >= 15 is 0 Å². The molecule has 0 aromatic carbocycles. The lowest BCUT2D eigenvalue weighted by molar-refractivity contribution is 0.0786. The van der Waals surface area contributed by atoms with Crippen molar-refractivity contribution >= 4 is 17.5 Å². The number of hydrogen-bond donors (Lipinski definition) is 0. The van der Waals surface area contributed by atoms with Crippen molar-refractivity contribution in [2.45, 2.75) is 0 Å². The van der Waals surface area contributed by atoms with Crippen LogP contribution in [-0.4, -0.2) is 54.9 Å². The maximum atomic E-state index is 12.0. The number of carbonyl (C=O) groups excluding carboxylic acids is 1. The zero-order valence-electron chi connectivity index (χ0n) is 9.77. The molecular formula is C11H16ClN3O. The maximum absolute atomic E-state index is 12.0. The van der Waals surface area contributed by atoms with Gasteiger partial charge in [0.1, 0.15) is 0 Å². The first-order valence-corrected chi connectivity index (χ1v) is 5.40. The SMILES string of the molecule is CN(C)CCN(C)C(=O)c1ccncc1Cl. The Morgan fingerprint density at radius 1 is 1.38 bits per heavy atom. The molecule has 4 nitrogen and oxygen atoms in total. The molecule has 0 radical (unpaired) electrons. The van der Waals surface area contributed by atoms with E-state index in [0.717, 1.165) is 6.54 Å². The van der Waals surface area contributed by atoms with Crippen LogP contribution in [0.4, 0.5) is 0 Å². The Bertz CT molecular complexity index is 368. The molecule has 0 saturated carbocycles. The summed E-state index contributed by atoms with van der Waals surface area (Å²) in [6.45, 7) is 1.50. The number of halogens is 1. The van der Waals surface area contributed by atoms with E-state index in [9.17, 15) is 4.79 Å². The van der Waals surface area contributed by atoms with Gasteiger partial charge >= 0.3 is 0 Å². The van der Waals surface area contributed by atoms with E-state index in [1.165, 1.54) is 6.20 Å². The molecule has 5 heteroatoms. The molecule has 1 amide bonds. The van der Waals surface area contributed by atoms with E-state index in [1.54, 1.807) is 24.2 Å². The molecule has 1 aromatic rings. The van der Waals surface area contributed by atoms with Crippen LogP contribution in [0.15, 0.2) is 18.5 Å². The highest BCUT2D eigenvalue weighted by Gasteiger charge is 2.14. The first-order valence-electron chi connectivity index (χ1n) is 5.02. The highest BCUT2D eigenvalue weighted by molar-refractivity contribution is 6.33. The number of pyridine rings is 1. The van der Waals surface area contributed by atoms with Crippen molar-refractivity contribution in [2.24, 2.45) is 0 Å². The Kier molecular flexibility index (Phi) is 4.71. The van der Waals surface area contributed by atoms with Gasteiger partial charge in [-0.15, -0.1) is 0 Å². The van der Waals surface area contributed by atoms with E-state index in [0.29, 0.717) is 17.1 Å². The highest BCUT2D eigenvalue weighted by Crippen LogP contribution is 2.14. The summed E-state index contributed by atoms with van der Waals surface area (Å²) < 4.78 is 0. The molecule has 0 N–H and O–H groups in total. The number of nitrogens with zero attached hydrogens (tertiary/aromatic N) is 3. The maximum Gasteiger partial charge on any atom is 0.255 e. The summed E-state index contributed by atoms with van der Waals surface area (Å²) in [7, 11) is 5.71. The lowest BCUT2D eigenvalue weighted by atomic mass is 10.2. The van der Waals surface area contributed by atoms with E-state index in [2.05, 4.69) is 4.98 Å². The van der Waals surface area contributed by atoms with Gasteiger partial charge in [0, 0.05) is 32.5 Å². The molecule has 0 aliphatic rings. The molecule has 88 valence electrons. The molecule has 0 atom stereocenters. The Morgan fingerprint density at radius 2 is 2.06 bits per heavy atom. The van der Waals surface area contributed by atoms with Crippen molar-refractivity contribution in [3.63, 3.8) is 0 Å². The van der Waals surface area contributed by atoms with Gasteiger partial charge in [0.05, 0.1) is 10.6 Å². The third kappa shape index (κ3) is 3.47. The molecule has 0 saturated heterocycles. The summed E-state index contributed by atoms with van der Waals surface area (Å²) in [4.78, 5) is 19.5. The smallest absolute Gasteiger partial charge is 0.255 e. The standard InChI is InChI=1S/C11H16ClN3O/c1-14(2)6-7-15(3)11(16)9-4-5-13-8-10(9)12/h4-5,8H,6-7H2,1-3H3. The van der Waals surface area contributed by atoms with Crippen LogP contribution in [0.3, 0.4) is 0 Å². The van der Waals surface area contributed by atoms with Crippen LogP contribution < -0.4 is 0 Å². The van der Waals surface area contributed by atoms with Crippen molar-refractivity contribution in [1.82, 2.24) is 14.8 Å². The zero-order chi connectivity index (χ0) is 12.1. The Hall–Kier alpha value is -1.13. The number of hydrogen-bond acceptors (Lipinski definition) is 3. The van der Waals surface area contributed by atoms with Crippen molar-refractivity contribution in [3.8, 4) is 0 Å². The van der Waals surface area contributed by atoms with Crippen molar-refractivity contribution in [2.75, 3.05) is 34.2 Å². The van der Waals surface area contributed by atoms with Crippen LogP contribution >= 0.6 is 11.6 Å². The molecule has 16 heavy (non-hydrogen) atoms. The van der Waals surface area contributed by atoms with E-state index in [1.807, 2.05) is 19.0 Å². The Labute approximate surface area is 101 Å². The van der Waals surface area contributed by atoms with Crippen LogP contribution in [0.5, 0.6) is 0 Å². The summed E-state index contributed by atoms with van der Waals surface area (Å²) in [5.41, 5.74) is 0.498. The van der Waals surface area contributed by atoms with Crippen LogP contribution in [0.1, 0.15) is 10.4 Å². The van der Waals surface area contributed by atoms with Crippen LogP contribution in [0.2, 0.25) is 5.02 Å². The number of likely N-dealkylation sites (N-methyl/N-ethyl adjacent to an activating group) is 2. The average Bonchev–Trinajstić information content (AvgIpc) is 2.25. The molecule has 1 rings (SSSR count). The van der Waals surface area contributed by atoms with Crippen molar-refractivity contribution in [1.29, 1.82) is 0 Å². The van der Waals surface area contributed by atoms with Crippen LogP contribution in [-0.2, 0) is 0 Å². The number of carbonyl (C=O) groups is 1. The third-order valence-corrected chi connectivity index (χ3v) is 2.53. The fourth-order valence-corrected chi connectivity index (χ4v) is 1.41. The minimum atomic E-state index is -0.0748. The van der Waals surface area contributed by atoms with Gasteiger partial charge in [-0.25, -0.2) is 0 Å². The molecule has 0 fully saturated rings. The largest absolute Gasteiger partial charge is 0.340 e. The first kappa shape index (κ1) is 12.9. The topological polar surface area (TPSA) is 36.4 Å². The molecule has 0 aliphatic heterocycles. The molecule has 0 unspecified atom stereocenters. The predicted octanol–water partition coefficient (Wildman–Crippen LogP) is 1.37. The molecule has 0 spiro atoms. The van der Waals surface area contributed by atoms with Crippen LogP contribution in [0, 0.1) is 0 Å². The summed E-state index contributed by atoms with van der Waals surface area (Å²) in [6.07, 6.45) is 3.05. The zero-order valence-corrected chi connectivity index (χ0v) is 10.5. The summed E-state index contributed by atoms with van der Waals surface area (Å²) >= 11 is 5.91. The normalized spacial score (nSPS) is 10.6. The van der Waals surface area contributed by atoms with Crippen molar-refractivity contribution in [3.05, 3.63) is 29.0 Å². The van der Waals surface area contributed by atoms with E-state index < -0.39 is 0 Å². The van der Waals surface area contributed by atoms with E-state index in [-0.39, 0.29) is 5.91 Å². The quantitative estimate of drug-likeness (QED) is 0.799. The molecule has 0 aliphatic carbocycles. The molecule has 0 bridgehead atoms. The summed E-state index contributed by atoms with van der Waals surface area (Å²) in [5, 5.41) is 0.393. The monoisotopic (exact) mass is 241 g/mol. The van der Waals surface area contributed by atoms with Gasteiger partial charge in [-0.05, 0) is 20.2 Å². The Balaban J connectivity index is 2.67. The average molecular weight is 242 g/mol. The fraction of sp³-hybridized carbons (Fsp3) is 0.455. The third-order valence-electron chi connectivity index (χ3n) is 2.23. The molecular weight excluding hydrogens is 226 g/mol. The van der Waals surface area contributed by atoms with Gasteiger partial charge in [0.2, 0.25) is 0 Å². The number of rotatable bonds is 4. The Morgan fingerprint density at radius 3 is 2.62 bits per heavy atom. The lowest BCUT2D eigenvalue weighted by Crippen LogP contribution is -2.33. The lowest BCUT2D eigenvalue weighted by Gasteiger charge is -2.20. The summed E-state index contributed by atoms with van der Waals surface area (Å²) in [6, 6.07) is 1.64. The highest BCUT2D eigenvalue weighted by atomic mass is 35.5. The first-order chi connectivity index (χ1) is 7.52. The molecule has 1 heterocycles. The second-order valence-corrected chi connectivity index (χ2v) is 4.29. The van der Waals surface area contributed by atoms with Gasteiger partial charge < -0.3 is 9.80 Å². The molecule has 1 aromatic heterocycles. The predicted molar refractivity (Wildman–Crippen MR) is 64.8 cm³/mol. The van der Waals surface area contributed by atoms with Crippen LogP contribution in [0.25, 0.3) is 0 Å². The van der Waals surface area contributed by atoms with Gasteiger partial charge in [-0.1, -0.05) is 11.6 Å². The van der Waals surface area contributed by atoms with Gasteiger partial charge in [-0.3, -0.25) is 9.78 Å². The number of aromatic nitrogens is 1.